The van der Waals surface area contributed by atoms with Gasteiger partial charge in [0.2, 0.25) is 5.89 Å². The molecule has 0 aliphatic carbocycles. The number of carbonyl (C=O) groups excluding carboxylic acids is 1. The van der Waals surface area contributed by atoms with E-state index in [9.17, 15) is 4.79 Å². The summed E-state index contributed by atoms with van der Waals surface area (Å²) >= 11 is 0. The molecule has 0 aliphatic rings. The predicted molar refractivity (Wildman–Crippen MR) is 67.7 cm³/mol. The van der Waals surface area contributed by atoms with Gasteiger partial charge >= 0.3 is 0 Å². The van der Waals surface area contributed by atoms with Crippen LogP contribution in [0, 0.1) is 0 Å². The van der Waals surface area contributed by atoms with Crippen molar-refractivity contribution in [3.05, 3.63) is 41.9 Å². The van der Waals surface area contributed by atoms with Crippen LogP contribution in [0.2, 0.25) is 0 Å². The van der Waals surface area contributed by atoms with Crippen molar-refractivity contribution in [3.8, 4) is 5.75 Å². The highest BCUT2D eigenvalue weighted by Crippen LogP contribution is 2.19. The van der Waals surface area contributed by atoms with Crippen molar-refractivity contribution >= 4 is 5.91 Å². The Kier molecular flexibility index (Phi) is 3.79. The van der Waals surface area contributed by atoms with Gasteiger partial charge in [0.1, 0.15) is 11.5 Å². The summed E-state index contributed by atoms with van der Waals surface area (Å²) in [4.78, 5) is 19.1. The van der Waals surface area contributed by atoms with Gasteiger partial charge in [-0.15, -0.1) is 0 Å². The van der Waals surface area contributed by atoms with Crippen LogP contribution in [0.25, 0.3) is 0 Å². The molecule has 100 valence electrons. The molecule has 19 heavy (non-hydrogen) atoms. The summed E-state index contributed by atoms with van der Waals surface area (Å²) in [5.41, 5.74) is 5.46. The average molecular weight is 261 g/mol. The number of oxazole rings is 1. The summed E-state index contributed by atoms with van der Waals surface area (Å²) < 4.78 is 11.0. The molecule has 6 nitrogen and oxygen atoms in total. The Bertz CT molecular complexity index is 578. The van der Waals surface area contributed by atoms with E-state index in [0.29, 0.717) is 11.6 Å². The van der Waals surface area contributed by atoms with Crippen LogP contribution in [-0.2, 0) is 6.61 Å². The van der Waals surface area contributed by atoms with E-state index in [1.807, 2.05) is 13.8 Å². The van der Waals surface area contributed by atoms with Crippen LogP contribution in [-0.4, -0.2) is 15.9 Å². The third-order valence-electron chi connectivity index (χ3n) is 2.54. The maximum atomic E-state index is 11.2. The molecular weight excluding hydrogens is 246 g/mol. The second-order valence-corrected chi connectivity index (χ2v) is 4.34. The Hall–Kier alpha value is -2.37. The minimum Gasteiger partial charge on any atom is -0.483 e. The Labute approximate surface area is 110 Å². The van der Waals surface area contributed by atoms with Gasteiger partial charge in [-0.2, -0.15) is 0 Å². The summed E-state index contributed by atoms with van der Waals surface area (Å²) in [5, 5.41) is 0. The lowest BCUT2D eigenvalue weighted by atomic mass is 10.2. The van der Waals surface area contributed by atoms with E-state index in [4.69, 9.17) is 14.9 Å². The van der Waals surface area contributed by atoms with Gasteiger partial charge in [0.15, 0.2) is 6.61 Å². The second-order valence-electron chi connectivity index (χ2n) is 4.34. The molecule has 0 spiro atoms. The molecule has 0 radical (unpaired) electrons. The predicted octanol–water partition coefficient (Wildman–Crippen LogP) is 1.87. The molecule has 2 rings (SSSR count). The molecule has 0 aromatic carbocycles. The van der Waals surface area contributed by atoms with Crippen molar-refractivity contribution in [3.63, 3.8) is 0 Å². The molecule has 0 saturated heterocycles. The number of nitrogens with zero attached hydrogens (tertiary/aromatic N) is 2. The van der Waals surface area contributed by atoms with Crippen LogP contribution in [0.1, 0.15) is 41.8 Å². The largest absolute Gasteiger partial charge is 0.483 e. The van der Waals surface area contributed by atoms with Gasteiger partial charge in [-0.05, 0) is 6.07 Å². The van der Waals surface area contributed by atoms with E-state index >= 15 is 0 Å². The zero-order valence-corrected chi connectivity index (χ0v) is 10.8. The summed E-state index contributed by atoms with van der Waals surface area (Å²) in [7, 11) is 0. The first-order valence-corrected chi connectivity index (χ1v) is 5.89. The number of hydrogen-bond acceptors (Lipinski definition) is 5. The van der Waals surface area contributed by atoms with Gasteiger partial charge in [-0.25, -0.2) is 4.98 Å². The molecular formula is C13H15N3O3. The monoisotopic (exact) mass is 261 g/mol. The third kappa shape index (κ3) is 3.09. The smallest absolute Gasteiger partial charge is 0.254 e. The van der Waals surface area contributed by atoms with E-state index in [1.165, 1.54) is 12.4 Å². The molecule has 0 fully saturated rings. The molecule has 0 saturated carbocycles. The van der Waals surface area contributed by atoms with Crippen LogP contribution in [0.3, 0.4) is 0 Å². The molecule has 6 heteroatoms. The molecule has 0 unspecified atom stereocenters. The molecule has 1 amide bonds. The lowest BCUT2D eigenvalue weighted by Crippen LogP contribution is -2.13. The second kappa shape index (κ2) is 5.51. The number of primary amides is 1. The van der Waals surface area contributed by atoms with Gasteiger partial charge in [-0.3, -0.25) is 9.78 Å². The normalized spacial score (nSPS) is 10.7. The lowest BCUT2D eigenvalue weighted by molar-refractivity contribution is 0.0994. The Morgan fingerprint density at radius 1 is 1.47 bits per heavy atom. The first-order chi connectivity index (χ1) is 9.08. The fourth-order valence-corrected chi connectivity index (χ4v) is 1.49. The summed E-state index contributed by atoms with van der Waals surface area (Å²) in [5.74, 6) is 1.30. The number of amides is 1. The van der Waals surface area contributed by atoms with E-state index in [1.54, 1.807) is 12.3 Å². The number of nitrogens with two attached hydrogens (primary N) is 1. The van der Waals surface area contributed by atoms with Crippen molar-refractivity contribution in [1.29, 1.82) is 0 Å². The quantitative estimate of drug-likeness (QED) is 0.887. The number of ether oxygens (including phenoxy) is 1. The molecule has 0 bridgehead atoms. The number of hydrogen-bond donors (Lipinski definition) is 1. The van der Waals surface area contributed by atoms with Crippen molar-refractivity contribution < 1.29 is 13.9 Å². The van der Waals surface area contributed by atoms with Gasteiger partial charge in [0.05, 0.1) is 11.8 Å². The summed E-state index contributed by atoms with van der Waals surface area (Å²) in [6.07, 6.45) is 4.56. The van der Waals surface area contributed by atoms with Gasteiger partial charge in [0, 0.05) is 18.3 Å². The maximum absolute atomic E-state index is 11.2. The number of carbonyl (C=O) groups is 1. The Morgan fingerprint density at radius 2 is 2.26 bits per heavy atom. The van der Waals surface area contributed by atoms with Crippen molar-refractivity contribution in [2.45, 2.75) is 26.4 Å². The summed E-state index contributed by atoms with van der Waals surface area (Å²) in [6.45, 7) is 4.16. The number of aromatic nitrogens is 2. The minimum atomic E-state index is -0.585. The average Bonchev–Trinajstić information content (AvgIpc) is 2.85. The molecule has 0 aliphatic heterocycles. The van der Waals surface area contributed by atoms with Gasteiger partial charge in [-0.1, -0.05) is 13.8 Å². The van der Waals surface area contributed by atoms with Crippen LogP contribution >= 0.6 is 0 Å². The van der Waals surface area contributed by atoms with Gasteiger partial charge in [0.25, 0.3) is 5.91 Å². The van der Waals surface area contributed by atoms with E-state index in [0.717, 1.165) is 5.76 Å². The highest BCUT2D eigenvalue weighted by atomic mass is 16.5. The third-order valence-corrected chi connectivity index (χ3v) is 2.54. The van der Waals surface area contributed by atoms with Crippen molar-refractivity contribution in [2.75, 3.05) is 0 Å². The molecule has 2 N–H and O–H groups in total. The van der Waals surface area contributed by atoms with Crippen molar-refractivity contribution in [2.24, 2.45) is 5.73 Å². The standard InChI is InChI=1S/C13H15N3O3/c1-8(2)11-6-16-12(19-11)7-18-10-3-4-15-5-9(10)13(14)17/h3-6,8H,7H2,1-2H3,(H2,14,17). The SMILES string of the molecule is CC(C)c1cnc(COc2ccncc2C(N)=O)o1. The minimum absolute atomic E-state index is 0.136. The number of rotatable bonds is 5. The highest BCUT2D eigenvalue weighted by molar-refractivity contribution is 5.95. The van der Waals surface area contributed by atoms with Crippen molar-refractivity contribution in [1.82, 2.24) is 9.97 Å². The molecule has 0 atom stereocenters. The lowest BCUT2D eigenvalue weighted by Gasteiger charge is -2.06. The summed E-state index contributed by atoms with van der Waals surface area (Å²) in [6, 6.07) is 1.58. The van der Waals surface area contributed by atoms with Gasteiger partial charge < -0.3 is 14.9 Å². The van der Waals surface area contributed by atoms with E-state index in [-0.39, 0.29) is 18.1 Å². The fraction of sp³-hybridized carbons (Fsp3) is 0.308. The van der Waals surface area contributed by atoms with Crippen LogP contribution in [0.5, 0.6) is 5.75 Å². The number of pyridine rings is 1. The zero-order chi connectivity index (χ0) is 13.8. The zero-order valence-electron chi connectivity index (χ0n) is 10.8. The first-order valence-electron chi connectivity index (χ1n) is 5.89. The Balaban J connectivity index is 2.08. The molecule has 2 aromatic rings. The highest BCUT2D eigenvalue weighted by Gasteiger charge is 2.12. The van der Waals surface area contributed by atoms with Crippen LogP contribution in [0.15, 0.2) is 29.1 Å². The van der Waals surface area contributed by atoms with Crippen LogP contribution < -0.4 is 10.5 Å². The topological polar surface area (TPSA) is 91.2 Å². The van der Waals surface area contributed by atoms with Crippen LogP contribution in [0.4, 0.5) is 0 Å². The molecule has 2 heterocycles. The molecule has 2 aromatic heterocycles. The fourth-order valence-electron chi connectivity index (χ4n) is 1.49. The van der Waals surface area contributed by atoms with E-state index in [2.05, 4.69) is 9.97 Å². The maximum Gasteiger partial charge on any atom is 0.254 e. The van der Waals surface area contributed by atoms with E-state index < -0.39 is 5.91 Å². The first kappa shape index (κ1) is 13.1. The Morgan fingerprint density at radius 3 is 2.89 bits per heavy atom.